The summed E-state index contributed by atoms with van der Waals surface area (Å²) in [6, 6.07) is 19.7. The van der Waals surface area contributed by atoms with Crippen LogP contribution >= 0.6 is 0 Å². The molecule has 1 aliphatic heterocycles. The second-order valence-electron chi connectivity index (χ2n) is 6.74. The van der Waals surface area contributed by atoms with E-state index < -0.39 is 0 Å². The fraction of sp³-hybridized carbons (Fsp3) is 0.273. The molecule has 1 saturated heterocycles. The van der Waals surface area contributed by atoms with E-state index in [1.54, 1.807) is 0 Å². The largest absolute Gasteiger partial charge is 0.378 e. The van der Waals surface area contributed by atoms with Crippen LogP contribution in [0.1, 0.15) is 16.1 Å². The Hall–Kier alpha value is -3.12. The van der Waals surface area contributed by atoms with Crippen LogP contribution in [0.5, 0.6) is 0 Å². The Morgan fingerprint density at radius 3 is 2.46 bits per heavy atom. The van der Waals surface area contributed by atoms with Crippen LogP contribution < -0.4 is 10.2 Å². The number of para-hydroxylation sites is 1. The van der Waals surface area contributed by atoms with Crippen molar-refractivity contribution in [3.05, 3.63) is 78.1 Å². The van der Waals surface area contributed by atoms with E-state index in [1.807, 2.05) is 71.5 Å². The Kier molecular flexibility index (Phi) is 5.68. The number of carbonyl (C=O) groups excluding carboxylic acids is 1. The number of hydrogen-bond acceptors (Lipinski definition) is 4. The van der Waals surface area contributed by atoms with Gasteiger partial charge in [-0.2, -0.15) is 5.10 Å². The zero-order chi connectivity index (χ0) is 19.2. The highest BCUT2D eigenvalue weighted by atomic mass is 16.5. The van der Waals surface area contributed by atoms with Gasteiger partial charge >= 0.3 is 0 Å². The number of nitrogens with zero attached hydrogens (tertiary/aromatic N) is 3. The van der Waals surface area contributed by atoms with Gasteiger partial charge in [-0.05, 0) is 42.5 Å². The SMILES string of the molecule is O=C(NCCc1ccn(-c2ccccc2)n1)c1ccc(N2CCOCC2)cc1. The predicted molar refractivity (Wildman–Crippen MR) is 109 cm³/mol. The van der Waals surface area contributed by atoms with Crippen molar-refractivity contribution in [2.75, 3.05) is 37.7 Å². The molecular weight excluding hydrogens is 352 g/mol. The molecule has 0 unspecified atom stereocenters. The van der Waals surface area contributed by atoms with Crippen LogP contribution in [0.2, 0.25) is 0 Å². The van der Waals surface area contributed by atoms with Gasteiger partial charge in [-0.25, -0.2) is 4.68 Å². The van der Waals surface area contributed by atoms with E-state index in [4.69, 9.17) is 4.74 Å². The summed E-state index contributed by atoms with van der Waals surface area (Å²) in [4.78, 5) is 14.7. The molecule has 0 radical (unpaired) electrons. The van der Waals surface area contributed by atoms with Gasteiger partial charge in [0.15, 0.2) is 0 Å². The van der Waals surface area contributed by atoms with Crippen LogP contribution in [0.25, 0.3) is 5.69 Å². The number of anilines is 1. The molecule has 0 saturated carbocycles. The van der Waals surface area contributed by atoms with Crippen molar-refractivity contribution < 1.29 is 9.53 Å². The normalized spacial score (nSPS) is 14.1. The molecule has 0 spiro atoms. The molecule has 1 N–H and O–H groups in total. The molecule has 144 valence electrons. The topological polar surface area (TPSA) is 59.4 Å². The van der Waals surface area contributed by atoms with Crippen molar-refractivity contribution in [1.82, 2.24) is 15.1 Å². The third-order valence-corrected chi connectivity index (χ3v) is 4.84. The molecule has 4 rings (SSSR count). The molecule has 1 aromatic heterocycles. The van der Waals surface area contributed by atoms with Crippen LogP contribution in [-0.2, 0) is 11.2 Å². The van der Waals surface area contributed by atoms with Crippen LogP contribution in [0.15, 0.2) is 66.9 Å². The van der Waals surface area contributed by atoms with Crippen molar-refractivity contribution in [3.8, 4) is 5.69 Å². The van der Waals surface area contributed by atoms with E-state index in [9.17, 15) is 4.79 Å². The first-order chi connectivity index (χ1) is 13.8. The summed E-state index contributed by atoms with van der Waals surface area (Å²) in [7, 11) is 0. The number of amides is 1. The van der Waals surface area contributed by atoms with Crippen LogP contribution in [-0.4, -0.2) is 48.5 Å². The standard InChI is InChI=1S/C22H24N4O2/c27-22(18-6-8-20(9-7-18)25-14-16-28-17-15-25)23-12-10-19-11-13-26(24-19)21-4-2-1-3-5-21/h1-9,11,13H,10,12,14-17H2,(H,23,27). The van der Waals surface area contributed by atoms with Crippen LogP contribution in [0, 0.1) is 0 Å². The molecule has 0 aliphatic carbocycles. The Bertz CT molecular complexity index is 900. The minimum Gasteiger partial charge on any atom is -0.378 e. The van der Waals surface area contributed by atoms with Gasteiger partial charge in [-0.1, -0.05) is 18.2 Å². The molecule has 1 amide bonds. The monoisotopic (exact) mass is 376 g/mol. The van der Waals surface area contributed by atoms with Gasteiger partial charge in [0.05, 0.1) is 24.6 Å². The van der Waals surface area contributed by atoms with E-state index in [0.29, 0.717) is 18.5 Å². The lowest BCUT2D eigenvalue weighted by Crippen LogP contribution is -2.36. The van der Waals surface area contributed by atoms with Crippen molar-refractivity contribution in [2.24, 2.45) is 0 Å². The predicted octanol–water partition coefficient (Wildman–Crippen LogP) is 2.68. The summed E-state index contributed by atoms with van der Waals surface area (Å²) < 4.78 is 7.23. The van der Waals surface area contributed by atoms with E-state index >= 15 is 0 Å². The molecule has 6 heteroatoms. The molecule has 2 heterocycles. The fourth-order valence-corrected chi connectivity index (χ4v) is 3.27. The van der Waals surface area contributed by atoms with E-state index in [0.717, 1.165) is 43.4 Å². The summed E-state index contributed by atoms with van der Waals surface area (Å²) in [5.74, 6) is -0.0592. The first-order valence-electron chi connectivity index (χ1n) is 9.60. The lowest BCUT2D eigenvalue weighted by molar-refractivity contribution is 0.0954. The number of nitrogens with one attached hydrogen (secondary N) is 1. The highest BCUT2D eigenvalue weighted by molar-refractivity contribution is 5.94. The lowest BCUT2D eigenvalue weighted by Gasteiger charge is -2.28. The Labute approximate surface area is 164 Å². The van der Waals surface area contributed by atoms with Gasteiger partial charge in [0.2, 0.25) is 0 Å². The molecule has 1 aliphatic rings. The minimum atomic E-state index is -0.0592. The number of morpholine rings is 1. The maximum Gasteiger partial charge on any atom is 0.251 e. The quantitative estimate of drug-likeness (QED) is 0.719. The molecule has 0 atom stereocenters. The van der Waals surface area contributed by atoms with Crippen LogP contribution in [0.3, 0.4) is 0 Å². The average molecular weight is 376 g/mol. The molecule has 2 aromatic carbocycles. The molecule has 0 bridgehead atoms. The lowest BCUT2D eigenvalue weighted by atomic mass is 10.1. The van der Waals surface area contributed by atoms with Gasteiger partial charge in [-0.15, -0.1) is 0 Å². The molecule has 28 heavy (non-hydrogen) atoms. The number of rotatable bonds is 6. The van der Waals surface area contributed by atoms with Gasteiger partial charge in [-0.3, -0.25) is 4.79 Å². The zero-order valence-electron chi connectivity index (χ0n) is 15.8. The number of carbonyl (C=O) groups is 1. The smallest absolute Gasteiger partial charge is 0.251 e. The molecule has 3 aromatic rings. The summed E-state index contributed by atoms with van der Waals surface area (Å²) >= 11 is 0. The zero-order valence-corrected chi connectivity index (χ0v) is 15.8. The Morgan fingerprint density at radius 1 is 0.964 bits per heavy atom. The maximum atomic E-state index is 12.4. The van der Waals surface area contributed by atoms with Crippen molar-refractivity contribution in [3.63, 3.8) is 0 Å². The van der Waals surface area contributed by atoms with Gasteiger partial charge in [0.25, 0.3) is 5.91 Å². The first kappa shape index (κ1) is 18.3. The summed E-state index contributed by atoms with van der Waals surface area (Å²) in [6.07, 6.45) is 2.63. The number of aromatic nitrogens is 2. The highest BCUT2D eigenvalue weighted by Crippen LogP contribution is 2.16. The van der Waals surface area contributed by atoms with Gasteiger partial charge < -0.3 is 15.0 Å². The van der Waals surface area contributed by atoms with Crippen molar-refractivity contribution in [1.29, 1.82) is 0 Å². The molecular formula is C22H24N4O2. The summed E-state index contributed by atoms with van der Waals surface area (Å²) in [6.45, 7) is 3.84. The second-order valence-corrected chi connectivity index (χ2v) is 6.74. The fourth-order valence-electron chi connectivity index (χ4n) is 3.27. The first-order valence-corrected chi connectivity index (χ1v) is 9.60. The Balaban J connectivity index is 1.28. The maximum absolute atomic E-state index is 12.4. The van der Waals surface area contributed by atoms with Crippen molar-refractivity contribution >= 4 is 11.6 Å². The Morgan fingerprint density at radius 2 is 1.71 bits per heavy atom. The highest BCUT2D eigenvalue weighted by Gasteiger charge is 2.12. The van der Waals surface area contributed by atoms with E-state index in [2.05, 4.69) is 15.3 Å². The molecule has 1 fully saturated rings. The second kappa shape index (κ2) is 8.71. The minimum absolute atomic E-state index is 0.0592. The van der Waals surface area contributed by atoms with Crippen LogP contribution in [0.4, 0.5) is 5.69 Å². The van der Waals surface area contributed by atoms with Gasteiger partial charge in [0, 0.05) is 43.5 Å². The van der Waals surface area contributed by atoms with E-state index in [-0.39, 0.29) is 5.91 Å². The third kappa shape index (κ3) is 4.40. The average Bonchev–Trinajstić information content (AvgIpc) is 3.24. The third-order valence-electron chi connectivity index (χ3n) is 4.84. The van der Waals surface area contributed by atoms with Crippen molar-refractivity contribution in [2.45, 2.75) is 6.42 Å². The summed E-state index contributed by atoms with van der Waals surface area (Å²) in [5, 5.41) is 7.54. The molecule has 6 nitrogen and oxygen atoms in total. The van der Waals surface area contributed by atoms with Gasteiger partial charge in [0.1, 0.15) is 0 Å². The number of hydrogen-bond donors (Lipinski definition) is 1. The number of benzene rings is 2. The van der Waals surface area contributed by atoms with E-state index in [1.165, 1.54) is 0 Å². The summed E-state index contributed by atoms with van der Waals surface area (Å²) in [5.41, 5.74) is 3.78. The number of ether oxygens (including phenoxy) is 1.